The summed E-state index contributed by atoms with van der Waals surface area (Å²) < 4.78 is 5.00. The van der Waals surface area contributed by atoms with E-state index in [1.807, 2.05) is 0 Å². The quantitative estimate of drug-likeness (QED) is 0.670. The summed E-state index contributed by atoms with van der Waals surface area (Å²) in [5.74, 6) is -0.124. The van der Waals surface area contributed by atoms with Crippen molar-refractivity contribution in [1.29, 1.82) is 0 Å². The number of nitrogens with zero attached hydrogens (tertiary/aromatic N) is 4. The van der Waals surface area contributed by atoms with Crippen LogP contribution >= 0.6 is 11.3 Å². The molecular weight excluding hydrogens is 436 g/mol. The van der Waals surface area contributed by atoms with E-state index in [2.05, 4.69) is 15.6 Å². The number of hydrogen-bond donors (Lipinski definition) is 2. The lowest BCUT2D eigenvalue weighted by Gasteiger charge is -2.33. The Kier molecular flexibility index (Phi) is 8.26. The molecule has 2 N–H and O–H groups in total. The molecule has 11 nitrogen and oxygen atoms in total. The predicted molar refractivity (Wildman–Crippen MR) is 118 cm³/mol. The Bertz CT molecular complexity index is 830. The fraction of sp³-hybridized carbons (Fsp3) is 0.650. The van der Waals surface area contributed by atoms with Crippen LogP contribution in [-0.2, 0) is 20.7 Å². The first-order valence-electron chi connectivity index (χ1n) is 10.8. The molecule has 0 aliphatic carbocycles. The van der Waals surface area contributed by atoms with Crippen molar-refractivity contribution in [2.45, 2.75) is 39.2 Å². The molecule has 2 fully saturated rings. The molecule has 3 heterocycles. The summed E-state index contributed by atoms with van der Waals surface area (Å²) in [5, 5.41) is 7.95. The Balaban J connectivity index is 1.39. The number of aromatic nitrogens is 1. The summed E-state index contributed by atoms with van der Waals surface area (Å²) in [7, 11) is 0. The number of piperazine rings is 1. The number of carbonyl (C=O) groups is 4. The van der Waals surface area contributed by atoms with Gasteiger partial charge in [0, 0.05) is 57.6 Å². The fourth-order valence-corrected chi connectivity index (χ4v) is 4.40. The van der Waals surface area contributed by atoms with Crippen LogP contribution in [0.3, 0.4) is 0 Å². The lowest BCUT2D eigenvalue weighted by molar-refractivity contribution is -0.130. The van der Waals surface area contributed by atoms with E-state index >= 15 is 0 Å². The van der Waals surface area contributed by atoms with Gasteiger partial charge in [-0.2, -0.15) is 0 Å². The molecule has 0 atom stereocenters. The zero-order valence-electron chi connectivity index (χ0n) is 18.5. The average Bonchev–Trinajstić information content (AvgIpc) is 3.20. The highest BCUT2D eigenvalue weighted by molar-refractivity contribution is 7.13. The molecule has 176 valence electrons. The fourth-order valence-electron chi connectivity index (χ4n) is 3.70. The molecule has 2 aliphatic heterocycles. The van der Waals surface area contributed by atoms with Crippen molar-refractivity contribution >= 4 is 40.4 Å². The normalized spacial score (nSPS) is 17.1. The van der Waals surface area contributed by atoms with Crippen LogP contribution in [0.5, 0.6) is 0 Å². The molecule has 3 rings (SSSR count). The minimum absolute atomic E-state index is 0.0115. The van der Waals surface area contributed by atoms with E-state index in [0.717, 1.165) is 0 Å². The Morgan fingerprint density at radius 2 is 1.72 bits per heavy atom. The number of amides is 5. The van der Waals surface area contributed by atoms with E-state index in [1.165, 1.54) is 18.3 Å². The minimum Gasteiger partial charge on any atom is -0.450 e. The van der Waals surface area contributed by atoms with Crippen molar-refractivity contribution in [1.82, 2.24) is 25.0 Å². The summed E-state index contributed by atoms with van der Waals surface area (Å²) in [5.41, 5.74) is 0.591. The van der Waals surface area contributed by atoms with Gasteiger partial charge in [0.15, 0.2) is 5.13 Å². The highest BCUT2D eigenvalue weighted by Crippen LogP contribution is 2.18. The number of carbonyl (C=O) groups excluding carboxylic acids is 4. The van der Waals surface area contributed by atoms with Gasteiger partial charge in [0.05, 0.1) is 18.7 Å². The molecule has 0 radical (unpaired) electrons. The molecule has 0 bridgehead atoms. The third-order valence-electron chi connectivity index (χ3n) is 5.51. The second kappa shape index (κ2) is 11.1. The average molecular weight is 467 g/mol. The van der Waals surface area contributed by atoms with Crippen LogP contribution in [0.25, 0.3) is 0 Å². The van der Waals surface area contributed by atoms with Gasteiger partial charge in [-0.15, -0.1) is 11.3 Å². The molecule has 32 heavy (non-hydrogen) atoms. The number of thiazole rings is 1. The van der Waals surface area contributed by atoms with E-state index in [-0.39, 0.29) is 36.4 Å². The van der Waals surface area contributed by atoms with Crippen LogP contribution in [0.4, 0.5) is 14.7 Å². The first kappa shape index (κ1) is 23.8. The molecule has 1 aromatic rings. The molecular formula is C20H30N6O5S. The van der Waals surface area contributed by atoms with Crippen molar-refractivity contribution in [2.24, 2.45) is 0 Å². The molecule has 2 saturated heterocycles. The van der Waals surface area contributed by atoms with Gasteiger partial charge >= 0.3 is 12.1 Å². The SMILES string of the molecule is CCOC(=O)N1CCC(NC(=O)Cc2csc(NC(=O)N3CCN(C(C)=O)CC3)n2)CC1. The van der Waals surface area contributed by atoms with E-state index < -0.39 is 0 Å². The first-order chi connectivity index (χ1) is 15.4. The van der Waals surface area contributed by atoms with Crippen molar-refractivity contribution in [3.8, 4) is 0 Å². The lowest BCUT2D eigenvalue weighted by Crippen LogP contribution is -2.51. The van der Waals surface area contributed by atoms with Crippen molar-refractivity contribution in [3.63, 3.8) is 0 Å². The number of likely N-dealkylation sites (tertiary alicyclic amines) is 1. The standard InChI is InChI=1S/C20H30N6O5S/c1-3-31-20(30)26-6-4-15(5-7-26)21-17(28)12-16-13-32-18(22-16)23-19(29)25-10-8-24(9-11-25)14(2)27/h13,15H,3-12H2,1-2H3,(H,21,28)(H,22,23,29). The second-order valence-corrected chi connectivity index (χ2v) is 8.63. The maximum Gasteiger partial charge on any atom is 0.409 e. The van der Waals surface area contributed by atoms with Crippen LogP contribution in [-0.4, -0.2) is 95.5 Å². The minimum atomic E-state index is -0.310. The van der Waals surface area contributed by atoms with Crippen molar-refractivity contribution in [3.05, 3.63) is 11.1 Å². The molecule has 0 aromatic carbocycles. The van der Waals surface area contributed by atoms with Crippen molar-refractivity contribution in [2.75, 3.05) is 51.2 Å². The number of ether oxygens (including phenoxy) is 1. The highest BCUT2D eigenvalue weighted by atomic mass is 32.1. The van der Waals surface area contributed by atoms with E-state index in [4.69, 9.17) is 4.74 Å². The third-order valence-corrected chi connectivity index (χ3v) is 6.31. The van der Waals surface area contributed by atoms with Crippen LogP contribution in [0.2, 0.25) is 0 Å². The van der Waals surface area contributed by atoms with E-state index in [0.29, 0.717) is 69.5 Å². The molecule has 12 heteroatoms. The summed E-state index contributed by atoms with van der Waals surface area (Å²) in [6, 6.07) is -0.244. The predicted octanol–water partition coefficient (Wildman–Crippen LogP) is 1.12. The topological polar surface area (TPSA) is 124 Å². The summed E-state index contributed by atoms with van der Waals surface area (Å²) in [4.78, 5) is 57.3. The van der Waals surface area contributed by atoms with Gasteiger partial charge in [0.2, 0.25) is 11.8 Å². The van der Waals surface area contributed by atoms with E-state index in [1.54, 1.807) is 27.0 Å². The maximum atomic E-state index is 12.4. The zero-order valence-corrected chi connectivity index (χ0v) is 19.3. The van der Waals surface area contributed by atoms with Gasteiger partial charge in [-0.05, 0) is 19.8 Å². The van der Waals surface area contributed by atoms with Crippen molar-refractivity contribution < 1.29 is 23.9 Å². The molecule has 1 aromatic heterocycles. The number of piperidine rings is 1. The van der Waals surface area contributed by atoms with Crippen LogP contribution in [0.1, 0.15) is 32.4 Å². The molecule has 0 unspecified atom stereocenters. The number of anilines is 1. The Morgan fingerprint density at radius 1 is 1.06 bits per heavy atom. The number of hydrogen-bond acceptors (Lipinski definition) is 7. The monoisotopic (exact) mass is 466 g/mol. The van der Waals surface area contributed by atoms with E-state index in [9.17, 15) is 19.2 Å². The van der Waals surface area contributed by atoms with Gasteiger partial charge in [0.25, 0.3) is 0 Å². The maximum absolute atomic E-state index is 12.4. The van der Waals surface area contributed by atoms with Crippen LogP contribution in [0.15, 0.2) is 5.38 Å². The van der Waals surface area contributed by atoms with Gasteiger partial charge < -0.3 is 24.8 Å². The Morgan fingerprint density at radius 3 is 2.34 bits per heavy atom. The molecule has 2 aliphatic rings. The number of rotatable bonds is 5. The summed E-state index contributed by atoms with van der Waals surface area (Å²) >= 11 is 1.27. The largest absolute Gasteiger partial charge is 0.450 e. The van der Waals surface area contributed by atoms with Gasteiger partial charge in [-0.1, -0.05) is 0 Å². The van der Waals surface area contributed by atoms with Gasteiger partial charge in [-0.3, -0.25) is 14.9 Å². The lowest BCUT2D eigenvalue weighted by atomic mass is 10.1. The smallest absolute Gasteiger partial charge is 0.409 e. The van der Waals surface area contributed by atoms with Crippen LogP contribution < -0.4 is 10.6 Å². The Labute approximate surface area is 191 Å². The number of urea groups is 1. The Hall–Kier alpha value is -2.89. The number of nitrogens with one attached hydrogen (secondary N) is 2. The summed E-state index contributed by atoms with van der Waals surface area (Å²) in [6.07, 6.45) is 1.18. The third kappa shape index (κ3) is 6.55. The molecule has 0 saturated carbocycles. The van der Waals surface area contributed by atoms with Gasteiger partial charge in [-0.25, -0.2) is 14.6 Å². The highest BCUT2D eigenvalue weighted by Gasteiger charge is 2.25. The molecule has 5 amide bonds. The second-order valence-electron chi connectivity index (χ2n) is 7.77. The van der Waals surface area contributed by atoms with Crippen LogP contribution in [0, 0.1) is 0 Å². The first-order valence-corrected chi connectivity index (χ1v) is 11.7. The molecule has 0 spiro atoms. The van der Waals surface area contributed by atoms with Gasteiger partial charge in [0.1, 0.15) is 0 Å². The summed E-state index contributed by atoms with van der Waals surface area (Å²) in [6.45, 7) is 6.74. The zero-order chi connectivity index (χ0) is 23.1.